The van der Waals surface area contributed by atoms with Crippen LogP contribution in [0, 0.1) is 11.8 Å². The first-order valence-corrected chi connectivity index (χ1v) is 9.31. The predicted molar refractivity (Wildman–Crippen MR) is 98.3 cm³/mol. The molecular formula is C21H28O4. The largest absolute Gasteiger partial charge is 0.478 e. The molecule has 25 heavy (non-hydrogen) atoms. The molecule has 1 aromatic carbocycles. The Kier molecular flexibility index (Phi) is 7.71. The number of carbonyl (C=O) groups excluding carboxylic acids is 1. The lowest BCUT2D eigenvalue weighted by molar-refractivity contribution is -0.140. The molecular weight excluding hydrogens is 316 g/mol. The van der Waals surface area contributed by atoms with Crippen molar-refractivity contribution in [1.82, 2.24) is 0 Å². The molecule has 1 N–H and O–H groups in total. The van der Waals surface area contributed by atoms with Crippen LogP contribution < -0.4 is 4.74 Å². The summed E-state index contributed by atoms with van der Waals surface area (Å²) in [4.78, 5) is 22.8. The summed E-state index contributed by atoms with van der Waals surface area (Å²) in [6.45, 7) is 2.22. The molecule has 1 aromatic rings. The van der Waals surface area contributed by atoms with Crippen molar-refractivity contribution in [2.45, 2.75) is 58.3 Å². The van der Waals surface area contributed by atoms with E-state index in [1.807, 2.05) is 0 Å². The van der Waals surface area contributed by atoms with Gasteiger partial charge in [-0.1, -0.05) is 44.7 Å². The van der Waals surface area contributed by atoms with E-state index >= 15 is 0 Å². The molecule has 4 nitrogen and oxygen atoms in total. The third kappa shape index (κ3) is 6.73. The summed E-state index contributed by atoms with van der Waals surface area (Å²) < 4.78 is 5.49. The molecule has 2 rings (SSSR count). The molecule has 0 radical (unpaired) electrons. The summed E-state index contributed by atoms with van der Waals surface area (Å²) in [5, 5.41) is 8.62. The maximum atomic E-state index is 12.3. The zero-order valence-electron chi connectivity index (χ0n) is 14.9. The number of carbonyl (C=O) groups is 2. The number of benzene rings is 1. The van der Waals surface area contributed by atoms with E-state index in [1.165, 1.54) is 31.8 Å². The average molecular weight is 344 g/mol. The van der Waals surface area contributed by atoms with Crippen LogP contribution in [0.25, 0.3) is 6.08 Å². The van der Waals surface area contributed by atoms with Crippen LogP contribution in [-0.2, 0) is 9.59 Å². The first-order chi connectivity index (χ1) is 12.1. The van der Waals surface area contributed by atoms with Crippen molar-refractivity contribution in [3.63, 3.8) is 0 Å². The molecule has 1 aliphatic rings. The third-order valence-corrected chi connectivity index (χ3v) is 4.91. The van der Waals surface area contributed by atoms with Gasteiger partial charge in [-0.05, 0) is 55.4 Å². The summed E-state index contributed by atoms with van der Waals surface area (Å²) in [6.07, 6.45) is 11.9. The summed E-state index contributed by atoms with van der Waals surface area (Å²) in [7, 11) is 0. The Hall–Kier alpha value is -2.10. The molecule has 0 spiro atoms. The van der Waals surface area contributed by atoms with Gasteiger partial charge in [-0.15, -0.1) is 0 Å². The van der Waals surface area contributed by atoms with E-state index in [1.54, 1.807) is 24.3 Å². The number of carboxylic acids is 1. The Morgan fingerprint density at radius 3 is 2.40 bits per heavy atom. The van der Waals surface area contributed by atoms with E-state index in [0.29, 0.717) is 5.75 Å². The Bertz CT molecular complexity index is 580. The SMILES string of the molecule is CCCCCC1CCC(C(=O)Oc2ccc(/C=C/C(=O)O)cc2)CC1. The van der Waals surface area contributed by atoms with Crippen LogP contribution in [0.2, 0.25) is 0 Å². The number of hydrogen-bond donors (Lipinski definition) is 1. The van der Waals surface area contributed by atoms with Crippen molar-refractivity contribution in [3.05, 3.63) is 35.9 Å². The molecule has 0 amide bonds. The van der Waals surface area contributed by atoms with Crippen molar-refractivity contribution < 1.29 is 19.4 Å². The number of esters is 1. The van der Waals surface area contributed by atoms with E-state index in [9.17, 15) is 9.59 Å². The fourth-order valence-electron chi connectivity index (χ4n) is 3.38. The highest BCUT2D eigenvalue weighted by molar-refractivity contribution is 5.85. The van der Waals surface area contributed by atoms with Gasteiger partial charge >= 0.3 is 11.9 Å². The van der Waals surface area contributed by atoms with E-state index in [-0.39, 0.29) is 11.9 Å². The highest BCUT2D eigenvalue weighted by atomic mass is 16.5. The van der Waals surface area contributed by atoms with Crippen molar-refractivity contribution in [2.75, 3.05) is 0 Å². The van der Waals surface area contributed by atoms with Gasteiger partial charge in [0.05, 0.1) is 5.92 Å². The molecule has 1 fully saturated rings. The quantitative estimate of drug-likeness (QED) is 0.309. The predicted octanol–water partition coefficient (Wildman–Crippen LogP) is 5.08. The van der Waals surface area contributed by atoms with Crippen LogP contribution in [0.15, 0.2) is 30.3 Å². The van der Waals surface area contributed by atoms with Gasteiger partial charge < -0.3 is 9.84 Å². The minimum absolute atomic E-state index is 0.00834. The summed E-state index contributed by atoms with van der Waals surface area (Å²) in [6, 6.07) is 6.89. The maximum absolute atomic E-state index is 12.3. The van der Waals surface area contributed by atoms with Crippen molar-refractivity contribution in [3.8, 4) is 5.75 Å². The zero-order valence-corrected chi connectivity index (χ0v) is 14.9. The summed E-state index contributed by atoms with van der Waals surface area (Å²) in [5.41, 5.74) is 0.759. The van der Waals surface area contributed by atoms with Gasteiger partial charge in [0.25, 0.3) is 0 Å². The zero-order chi connectivity index (χ0) is 18.1. The van der Waals surface area contributed by atoms with Gasteiger partial charge in [-0.3, -0.25) is 4.79 Å². The van der Waals surface area contributed by atoms with Crippen molar-refractivity contribution >= 4 is 18.0 Å². The Morgan fingerprint density at radius 1 is 1.12 bits per heavy atom. The van der Waals surface area contributed by atoms with Crippen LogP contribution in [0.1, 0.15) is 63.9 Å². The van der Waals surface area contributed by atoms with E-state index in [4.69, 9.17) is 9.84 Å². The Labute approximate surface area is 149 Å². The maximum Gasteiger partial charge on any atom is 0.328 e. The fourth-order valence-corrected chi connectivity index (χ4v) is 3.38. The summed E-state index contributed by atoms with van der Waals surface area (Å²) in [5.74, 6) is 0.175. The van der Waals surface area contributed by atoms with Gasteiger partial charge in [0.15, 0.2) is 0 Å². The van der Waals surface area contributed by atoms with Gasteiger partial charge in [0.2, 0.25) is 0 Å². The normalized spacial score (nSPS) is 20.5. The standard InChI is InChI=1S/C21H28O4/c1-2-3-4-5-16-6-11-18(12-7-16)21(24)25-19-13-8-17(9-14-19)10-15-20(22)23/h8-10,13-16,18H,2-7,11-12H2,1H3,(H,22,23)/b15-10+. The van der Waals surface area contributed by atoms with Crippen LogP contribution in [0.4, 0.5) is 0 Å². The van der Waals surface area contributed by atoms with Crippen LogP contribution in [-0.4, -0.2) is 17.0 Å². The lowest BCUT2D eigenvalue weighted by Crippen LogP contribution is -2.25. The second kappa shape index (κ2) is 10.0. The molecule has 0 heterocycles. The highest BCUT2D eigenvalue weighted by Crippen LogP contribution is 2.33. The molecule has 1 saturated carbocycles. The molecule has 0 saturated heterocycles. The van der Waals surface area contributed by atoms with Crippen molar-refractivity contribution in [1.29, 1.82) is 0 Å². The number of ether oxygens (including phenoxy) is 1. The smallest absolute Gasteiger partial charge is 0.328 e. The monoisotopic (exact) mass is 344 g/mol. The fraction of sp³-hybridized carbons (Fsp3) is 0.524. The topological polar surface area (TPSA) is 63.6 Å². The Balaban J connectivity index is 1.77. The summed E-state index contributed by atoms with van der Waals surface area (Å²) >= 11 is 0. The second-order valence-corrected chi connectivity index (χ2v) is 6.88. The molecule has 0 aromatic heterocycles. The van der Waals surface area contributed by atoms with E-state index < -0.39 is 5.97 Å². The van der Waals surface area contributed by atoms with Gasteiger partial charge in [-0.2, -0.15) is 0 Å². The third-order valence-electron chi connectivity index (χ3n) is 4.91. The number of unbranched alkanes of at least 4 members (excludes halogenated alkanes) is 2. The number of carboxylic acid groups (broad SMARTS) is 1. The van der Waals surface area contributed by atoms with Crippen molar-refractivity contribution in [2.24, 2.45) is 11.8 Å². The first kappa shape index (κ1) is 19.2. The van der Waals surface area contributed by atoms with Crippen LogP contribution in [0.3, 0.4) is 0 Å². The van der Waals surface area contributed by atoms with Crippen LogP contribution in [0.5, 0.6) is 5.75 Å². The molecule has 1 aliphatic carbocycles. The number of aliphatic carboxylic acids is 1. The first-order valence-electron chi connectivity index (χ1n) is 9.31. The molecule has 0 unspecified atom stereocenters. The minimum atomic E-state index is -0.985. The highest BCUT2D eigenvalue weighted by Gasteiger charge is 2.27. The van der Waals surface area contributed by atoms with Gasteiger partial charge in [0, 0.05) is 6.08 Å². The number of hydrogen-bond acceptors (Lipinski definition) is 3. The lowest BCUT2D eigenvalue weighted by atomic mass is 9.80. The molecule has 4 heteroatoms. The number of rotatable bonds is 8. The van der Waals surface area contributed by atoms with E-state index in [2.05, 4.69) is 6.92 Å². The molecule has 0 bridgehead atoms. The van der Waals surface area contributed by atoms with E-state index in [0.717, 1.165) is 43.2 Å². The minimum Gasteiger partial charge on any atom is -0.478 e. The Morgan fingerprint density at radius 2 is 1.80 bits per heavy atom. The second-order valence-electron chi connectivity index (χ2n) is 6.88. The van der Waals surface area contributed by atoms with Gasteiger partial charge in [0.1, 0.15) is 5.75 Å². The van der Waals surface area contributed by atoms with Crippen LogP contribution >= 0.6 is 0 Å². The lowest BCUT2D eigenvalue weighted by Gasteiger charge is -2.27. The average Bonchev–Trinajstić information content (AvgIpc) is 2.62. The molecule has 0 atom stereocenters. The molecule has 0 aliphatic heterocycles. The van der Waals surface area contributed by atoms with Gasteiger partial charge in [-0.25, -0.2) is 4.79 Å². The molecule has 136 valence electrons.